The third-order valence-electron chi connectivity index (χ3n) is 4.75. The molecule has 3 N–H and O–H groups in total. The van der Waals surface area contributed by atoms with E-state index in [0.717, 1.165) is 24.3 Å². The van der Waals surface area contributed by atoms with Crippen LogP contribution in [-0.4, -0.2) is 31.5 Å². The van der Waals surface area contributed by atoms with Gasteiger partial charge < -0.3 is 20.7 Å². The number of nitrogens with one attached hydrogen (secondary N) is 3. The van der Waals surface area contributed by atoms with Crippen molar-refractivity contribution >= 4 is 23.2 Å². The van der Waals surface area contributed by atoms with Crippen LogP contribution in [0.4, 0.5) is 11.4 Å². The number of hydrogen-bond acceptors (Lipinski definition) is 4. The van der Waals surface area contributed by atoms with Gasteiger partial charge in [-0.15, -0.1) is 0 Å². The SMILES string of the molecule is CCNC(=O)c1cccc(NC(=O)CNc2cccc(OCCCc3ccccc3)c2)c1. The Bertz CT molecular complexity index is 1020. The molecule has 0 saturated carbocycles. The second-order valence-corrected chi connectivity index (χ2v) is 7.31. The van der Waals surface area contributed by atoms with Crippen molar-refractivity contribution in [3.05, 3.63) is 90.0 Å². The zero-order valence-corrected chi connectivity index (χ0v) is 18.3. The quantitative estimate of drug-likeness (QED) is 0.391. The molecule has 0 aliphatic rings. The maximum atomic E-state index is 12.3. The van der Waals surface area contributed by atoms with Gasteiger partial charge in [-0.25, -0.2) is 0 Å². The minimum absolute atomic E-state index is 0.100. The summed E-state index contributed by atoms with van der Waals surface area (Å²) in [5.41, 5.74) is 3.19. The summed E-state index contributed by atoms with van der Waals surface area (Å²) in [5.74, 6) is 0.396. The van der Waals surface area contributed by atoms with Crippen LogP contribution < -0.4 is 20.7 Å². The highest BCUT2D eigenvalue weighted by Crippen LogP contribution is 2.18. The number of benzene rings is 3. The molecule has 3 rings (SSSR count). The van der Waals surface area contributed by atoms with Gasteiger partial charge in [-0.2, -0.15) is 0 Å². The molecule has 0 unspecified atom stereocenters. The van der Waals surface area contributed by atoms with Crippen molar-refractivity contribution in [3.63, 3.8) is 0 Å². The minimum atomic E-state index is -0.202. The van der Waals surface area contributed by atoms with Crippen LogP contribution in [0.25, 0.3) is 0 Å². The summed E-state index contributed by atoms with van der Waals surface area (Å²) in [4.78, 5) is 24.3. The van der Waals surface area contributed by atoms with Gasteiger partial charge >= 0.3 is 0 Å². The van der Waals surface area contributed by atoms with Crippen molar-refractivity contribution in [3.8, 4) is 5.75 Å². The number of aryl methyl sites for hydroxylation is 1. The van der Waals surface area contributed by atoms with Gasteiger partial charge in [0, 0.05) is 29.5 Å². The number of amides is 2. The van der Waals surface area contributed by atoms with Crippen LogP contribution in [0.5, 0.6) is 5.75 Å². The molecule has 0 fully saturated rings. The van der Waals surface area contributed by atoms with Gasteiger partial charge in [-0.1, -0.05) is 42.5 Å². The van der Waals surface area contributed by atoms with E-state index >= 15 is 0 Å². The fourth-order valence-electron chi connectivity index (χ4n) is 3.20. The highest BCUT2D eigenvalue weighted by atomic mass is 16.5. The molecule has 3 aromatic rings. The van der Waals surface area contributed by atoms with Crippen molar-refractivity contribution in [1.82, 2.24) is 5.32 Å². The van der Waals surface area contributed by atoms with E-state index in [9.17, 15) is 9.59 Å². The van der Waals surface area contributed by atoms with E-state index in [1.165, 1.54) is 5.56 Å². The van der Waals surface area contributed by atoms with Crippen molar-refractivity contribution in [2.45, 2.75) is 19.8 Å². The molecule has 2 amide bonds. The first kappa shape index (κ1) is 22.9. The van der Waals surface area contributed by atoms with Gasteiger partial charge in [0.25, 0.3) is 5.91 Å². The molecule has 3 aromatic carbocycles. The zero-order chi connectivity index (χ0) is 22.6. The fourth-order valence-corrected chi connectivity index (χ4v) is 3.20. The van der Waals surface area contributed by atoms with Gasteiger partial charge in [0.05, 0.1) is 13.2 Å². The Balaban J connectivity index is 1.44. The molecule has 0 aliphatic carbocycles. The summed E-state index contributed by atoms with van der Waals surface area (Å²) in [6, 6.07) is 24.8. The lowest BCUT2D eigenvalue weighted by atomic mass is 10.1. The minimum Gasteiger partial charge on any atom is -0.494 e. The van der Waals surface area contributed by atoms with Crippen LogP contribution in [0.3, 0.4) is 0 Å². The average Bonchev–Trinajstić information content (AvgIpc) is 2.82. The van der Waals surface area contributed by atoms with Crippen molar-refractivity contribution in [2.24, 2.45) is 0 Å². The predicted octanol–water partition coefficient (Wildman–Crippen LogP) is 4.50. The second-order valence-electron chi connectivity index (χ2n) is 7.31. The second kappa shape index (κ2) is 12.2. The molecule has 0 aliphatic heterocycles. The summed E-state index contributed by atoms with van der Waals surface area (Å²) in [6.45, 7) is 3.14. The lowest BCUT2D eigenvalue weighted by Gasteiger charge is -2.11. The molecular formula is C26H29N3O3. The van der Waals surface area contributed by atoms with Crippen molar-refractivity contribution in [2.75, 3.05) is 30.3 Å². The van der Waals surface area contributed by atoms with E-state index in [2.05, 4.69) is 28.1 Å². The van der Waals surface area contributed by atoms with E-state index in [1.807, 2.05) is 49.4 Å². The largest absolute Gasteiger partial charge is 0.494 e. The number of carbonyl (C=O) groups excluding carboxylic acids is 2. The third kappa shape index (κ3) is 7.47. The van der Waals surface area contributed by atoms with Gasteiger partial charge in [0.15, 0.2) is 0 Å². The number of hydrogen-bond donors (Lipinski definition) is 3. The first-order chi connectivity index (χ1) is 15.6. The molecule has 0 spiro atoms. The Morgan fingerprint density at radius 1 is 0.875 bits per heavy atom. The highest BCUT2D eigenvalue weighted by molar-refractivity contribution is 5.98. The Kier molecular flexibility index (Phi) is 8.69. The van der Waals surface area contributed by atoms with E-state index in [0.29, 0.717) is 24.4 Å². The zero-order valence-electron chi connectivity index (χ0n) is 18.3. The van der Waals surface area contributed by atoms with E-state index < -0.39 is 0 Å². The lowest BCUT2D eigenvalue weighted by Crippen LogP contribution is -2.24. The number of carbonyl (C=O) groups is 2. The summed E-state index contributed by atoms with van der Waals surface area (Å²) in [7, 11) is 0. The molecule has 0 radical (unpaired) electrons. The van der Waals surface area contributed by atoms with Crippen LogP contribution in [-0.2, 0) is 11.2 Å². The maximum absolute atomic E-state index is 12.3. The highest BCUT2D eigenvalue weighted by Gasteiger charge is 2.07. The molecule has 0 saturated heterocycles. The van der Waals surface area contributed by atoms with Crippen molar-refractivity contribution in [1.29, 1.82) is 0 Å². The molecule has 0 heterocycles. The lowest BCUT2D eigenvalue weighted by molar-refractivity contribution is -0.114. The maximum Gasteiger partial charge on any atom is 0.251 e. The fraction of sp³-hybridized carbons (Fsp3) is 0.231. The van der Waals surface area contributed by atoms with Crippen LogP contribution in [0, 0.1) is 0 Å². The Morgan fingerprint density at radius 2 is 1.66 bits per heavy atom. The topological polar surface area (TPSA) is 79.5 Å². The Labute approximate surface area is 189 Å². The molecule has 0 atom stereocenters. The summed E-state index contributed by atoms with van der Waals surface area (Å²) in [6.07, 6.45) is 1.90. The Hall–Kier alpha value is -3.80. The molecule has 166 valence electrons. The molecule has 0 aromatic heterocycles. The summed E-state index contributed by atoms with van der Waals surface area (Å²) < 4.78 is 5.85. The van der Waals surface area contributed by atoms with Crippen LogP contribution in [0.1, 0.15) is 29.3 Å². The van der Waals surface area contributed by atoms with Crippen LogP contribution >= 0.6 is 0 Å². The standard InChI is InChI=1S/C26H29N3O3/c1-2-27-26(31)21-12-6-14-23(17-21)29-25(30)19-28-22-13-7-15-24(18-22)32-16-8-11-20-9-4-3-5-10-20/h3-7,9-10,12-15,17-18,28H,2,8,11,16,19H2,1H3,(H,27,31)(H,29,30). The Morgan fingerprint density at radius 3 is 2.47 bits per heavy atom. The third-order valence-corrected chi connectivity index (χ3v) is 4.75. The smallest absolute Gasteiger partial charge is 0.251 e. The molecule has 32 heavy (non-hydrogen) atoms. The van der Waals surface area contributed by atoms with E-state index in [4.69, 9.17) is 4.74 Å². The van der Waals surface area contributed by atoms with Gasteiger partial charge in [-0.05, 0) is 55.7 Å². The first-order valence-corrected chi connectivity index (χ1v) is 10.8. The predicted molar refractivity (Wildman–Crippen MR) is 128 cm³/mol. The van der Waals surface area contributed by atoms with E-state index in [1.54, 1.807) is 24.3 Å². The molecular weight excluding hydrogens is 402 g/mol. The van der Waals surface area contributed by atoms with Gasteiger partial charge in [-0.3, -0.25) is 9.59 Å². The monoisotopic (exact) mass is 431 g/mol. The average molecular weight is 432 g/mol. The van der Waals surface area contributed by atoms with Gasteiger partial charge in [0.1, 0.15) is 5.75 Å². The van der Waals surface area contributed by atoms with Gasteiger partial charge in [0.2, 0.25) is 5.91 Å². The summed E-state index contributed by atoms with van der Waals surface area (Å²) in [5, 5.41) is 8.66. The molecule has 0 bridgehead atoms. The molecule has 6 heteroatoms. The van der Waals surface area contributed by atoms with Crippen molar-refractivity contribution < 1.29 is 14.3 Å². The number of anilines is 2. The first-order valence-electron chi connectivity index (χ1n) is 10.8. The summed E-state index contributed by atoms with van der Waals surface area (Å²) >= 11 is 0. The number of ether oxygens (including phenoxy) is 1. The van der Waals surface area contributed by atoms with E-state index in [-0.39, 0.29) is 18.4 Å². The van der Waals surface area contributed by atoms with Crippen LogP contribution in [0.2, 0.25) is 0 Å². The normalized spacial score (nSPS) is 10.3. The molecule has 6 nitrogen and oxygen atoms in total. The van der Waals surface area contributed by atoms with Crippen LogP contribution in [0.15, 0.2) is 78.9 Å². The number of rotatable bonds is 11.